The summed E-state index contributed by atoms with van der Waals surface area (Å²) in [5.41, 5.74) is 3.92. The third kappa shape index (κ3) is 2.70. The Labute approximate surface area is 131 Å². The van der Waals surface area contributed by atoms with Crippen molar-refractivity contribution < 1.29 is 4.42 Å². The van der Waals surface area contributed by atoms with E-state index in [1.54, 1.807) is 6.07 Å². The van der Waals surface area contributed by atoms with Crippen molar-refractivity contribution in [3.05, 3.63) is 34.2 Å². The fourth-order valence-corrected chi connectivity index (χ4v) is 3.30. The van der Waals surface area contributed by atoms with E-state index in [0.717, 1.165) is 36.9 Å². The van der Waals surface area contributed by atoms with Crippen molar-refractivity contribution in [2.75, 3.05) is 37.0 Å². The van der Waals surface area contributed by atoms with Crippen LogP contribution in [0.4, 0.5) is 11.4 Å². The van der Waals surface area contributed by atoms with Gasteiger partial charge in [-0.25, -0.2) is 4.79 Å². The summed E-state index contributed by atoms with van der Waals surface area (Å²) in [6, 6.07) is 5.87. The monoisotopic (exact) mass is 300 g/mol. The van der Waals surface area contributed by atoms with Crippen molar-refractivity contribution in [1.29, 1.82) is 0 Å². The molecule has 22 heavy (non-hydrogen) atoms. The number of hydrogen-bond donors (Lipinski definition) is 0. The van der Waals surface area contributed by atoms with E-state index in [-0.39, 0.29) is 5.63 Å². The van der Waals surface area contributed by atoms with Crippen molar-refractivity contribution in [2.45, 2.75) is 32.6 Å². The Hall–Kier alpha value is -1.97. The molecular formula is C18H24N2O2. The maximum absolute atomic E-state index is 11.8. The molecule has 1 saturated heterocycles. The van der Waals surface area contributed by atoms with Gasteiger partial charge in [0.2, 0.25) is 0 Å². The minimum Gasteiger partial charge on any atom is -0.423 e. The minimum atomic E-state index is -0.249. The first-order chi connectivity index (χ1) is 10.6. The predicted molar refractivity (Wildman–Crippen MR) is 92.3 cm³/mol. The van der Waals surface area contributed by atoms with E-state index in [9.17, 15) is 4.79 Å². The van der Waals surface area contributed by atoms with Crippen LogP contribution >= 0.6 is 0 Å². The fourth-order valence-electron chi connectivity index (χ4n) is 3.30. The van der Waals surface area contributed by atoms with Gasteiger partial charge in [-0.3, -0.25) is 0 Å². The highest BCUT2D eigenvalue weighted by Gasteiger charge is 2.19. The lowest BCUT2D eigenvalue weighted by molar-refractivity contribution is 0.558. The Morgan fingerprint density at radius 3 is 2.55 bits per heavy atom. The summed E-state index contributed by atoms with van der Waals surface area (Å²) in [4.78, 5) is 16.4. The van der Waals surface area contributed by atoms with Crippen molar-refractivity contribution in [1.82, 2.24) is 0 Å². The molecule has 0 radical (unpaired) electrons. The molecule has 0 saturated carbocycles. The number of fused-ring (bicyclic) bond motifs is 1. The zero-order chi connectivity index (χ0) is 15.7. The number of nitrogens with zero attached hydrogens (tertiary/aromatic N) is 2. The molecular weight excluding hydrogens is 276 g/mol. The zero-order valence-corrected chi connectivity index (χ0v) is 13.7. The zero-order valence-electron chi connectivity index (χ0n) is 13.7. The molecule has 0 spiro atoms. The lowest BCUT2D eigenvalue weighted by Crippen LogP contribution is -2.21. The number of aryl methyl sites for hydroxylation is 1. The summed E-state index contributed by atoms with van der Waals surface area (Å²) in [5, 5.41) is 1.06. The molecule has 4 nitrogen and oxygen atoms in total. The topological polar surface area (TPSA) is 36.7 Å². The molecule has 0 N–H and O–H groups in total. The van der Waals surface area contributed by atoms with Crippen LogP contribution in [0.1, 0.15) is 31.7 Å². The average molecular weight is 300 g/mol. The molecule has 1 fully saturated rings. The molecule has 118 valence electrons. The molecule has 0 amide bonds. The Kier molecular flexibility index (Phi) is 4.10. The van der Waals surface area contributed by atoms with Gasteiger partial charge in [-0.05, 0) is 30.9 Å². The van der Waals surface area contributed by atoms with Gasteiger partial charge in [0.05, 0.1) is 11.4 Å². The molecule has 0 aliphatic carbocycles. The molecule has 3 rings (SSSR count). The molecule has 1 aromatic carbocycles. The van der Waals surface area contributed by atoms with Crippen molar-refractivity contribution in [3.63, 3.8) is 0 Å². The van der Waals surface area contributed by atoms with Crippen molar-refractivity contribution >= 4 is 22.3 Å². The van der Waals surface area contributed by atoms with Crippen LogP contribution in [0.25, 0.3) is 11.0 Å². The standard InChI is InChI=1S/C18H24N2O2/c1-4-7-13-10-18(21)22-17-12-16(20-8-5-6-9-20)15(19(2)3)11-14(13)17/h10-12H,4-9H2,1-3H3. The molecule has 0 unspecified atom stereocenters. The fraction of sp³-hybridized carbons (Fsp3) is 0.500. The molecule has 1 aliphatic rings. The van der Waals surface area contributed by atoms with Crippen molar-refractivity contribution in [2.24, 2.45) is 0 Å². The second-order valence-electron chi connectivity index (χ2n) is 6.27. The summed E-state index contributed by atoms with van der Waals surface area (Å²) < 4.78 is 5.48. The quantitative estimate of drug-likeness (QED) is 0.811. The first-order valence-electron chi connectivity index (χ1n) is 8.13. The molecule has 4 heteroatoms. The van der Waals surface area contributed by atoms with Gasteiger partial charge in [0, 0.05) is 44.7 Å². The summed E-state index contributed by atoms with van der Waals surface area (Å²) in [6.07, 6.45) is 4.37. The van der Waals surface area contributed by atoms with E-state index in [1.807, 2.05) is 0 Å². The van der Waals surface area contributed by atoms with Crippen LogP contribution in [0.5, 0.6) is 0 Å². The van der Waals surface area contributed by atoms with Gasteiger partial charge in [0.15, 0.2) is 0 Å². The van der Waals surface area contributed by atoms with Gasteiger partial charge in [0.1, 0.15) is 5.58 Å². The Morgan fingerprint density at radius 1 is 1.18 bits per heavy atom. The maximum Gasteiger partial charge on any atom is 0.336 e. The first-order valence-corrected chi connectivity index (χ1v) is 8.13. The predicted octanol–water partition coefficient (Wildman–Crippen LogP) is 3.41. The second-order valence-corrected chi connectivity index (χ2v) is 6.27. The molecule has 2 aromatic rings. The summed E-state index contributed by atoms with van der Waals surface area (Å²) in [6.45, 7) is 4.28. The number of anilines is 2. The SMILES string of the molecule is CCCc1cc(=O)oc2cc(N3CCCC3)c(N(C)C)cc12. The lowest BCUT2D eigenvalue weighted by atomic mass is 10.0. The molecule has 2 heterocycles. The van der Waals surface area contributed by atoms with Crippen LogP contribution in [0.15, 0.2) is 27.4 Å². The van der Waals surface area contributed by atoms with Gasteiger partial charge < -0.3 is 14.2 Å². The molecule has 1 aromatic heterocycles. The van der Waals surface area contributed by atoms with Crippen LogP contribution in [-0.4, -0.2) is 27.2 Å². The van der Waals surface area contributed by atoms with Gasteiger partial charge >= 0.3 is 5.63 Å². The van der Waals surface area contributed by atoms with E-state index in [1.165, 1.54) is 24.2 Å². The highest BCUT2D eigenvalue weighted by Crippen LogP contribution is 2.35. The van der Waals surface area contributed by atoms with Crippen LogP contribution < -0.4 is 15.4 Å². The Balaban J connectivity index is 2.23. The Morgan fingerprint density at radius 2 is 1.91 bits per heavy atom. The minimum absolute atomic E-state index is 0.249. The van der Waals surface area contributed by atoms with Crippen LogP contribution in [0.2, 0.25) is 0 Å². The second kappa shape index (κ2) is 6.03. The van der Waals surface area contributed by atoms with E-state index >= 15 is 0 Å². The molecule has 0 atom stereocenters. The van der Waals surface area contributed by atoms with Gasteiger partial charge in [-0.1, -0.05) is 13.3 Å². The number of rotatable bonds is 4. The Bertz CT molecular complexity index is 728. The maximum atomic E-state index is 11.8. The van der Waals surface area contributed by atoms with Gasteiger partial charge in [0.25, 0.3) is 0 Å². The van der Waals surface area contributed by atoms with Gasteiger partial charge in [-0.2, -0.15) is 0 Å². The summed E-state index contributed by atoms with van der Waals surface area (Å²) in [7, 11) is 4.14. The smallest absolute Gasteiger partial charge is 0.336 e. The van der Waals surface area contributed by atoms with E-state index < -0.39 is 0 Å². The summed E-state index contributed by atoms with van der Waals surface area (Å²) in [5.74, 6) is 0. The first kappa shape index (κ1) is 14.9. The normalized spacial score (nSPS) is 14.8. The lowest BCUT2D eigenvalue weighted by Gasteiger charge is -2.26. The average Bonchev–Trinajstić information content (AvgIpc) is 3.00. The number of hydrogen-bond acceptors (Lipinski definition) is 4. The van der Waals surface area contributed by atoms with Gasteiger partial charge in [-0.15, -0.1) is 0 Å². The highest BCUT2D eigenvalue weighted by molar-refractivity contribution is 5.91. The number of benzene rings is 1. The highest BCUT2D eigenvalue weighted by atomic mass is 16.4. The van der Waals surface area contributed by atoms with E-state index in [4.69, 9.17) is 4.42 Å². The van der Waals surface area contributed by atoms with Crippen LogP contribution in [0, 0.1) is 0 Å². The van der Waals surface area contributed by atoms with E-state index in [0.29, 0.717) is 5.58 Å². The third-order valence-electron chi connectivity index (χ3n) is 4.37. The van der Waals surface area contributed by atoms with Crippen LogP contribution in [0.3, 0.4) is 0 Å². The molecule has 0 bridgehead atoms. The third-order valence-corrected chi connectivity index (χ3v) is 4.37. The van der Waals surface area contributed by atoms with Crippen molar-refractivity contribution in [3.8, 4) is 0 Å². The van der Waals surface area contributed by atoms with E-state index in [2.05, 4.69) is 43.0 Å². The largest absolute Gasteiger partial charge is 0.423 e. The molecule has 1 aliphatic heterocycles. The van der Waals surface area contributed by atoms with Crippen LogP contribution in [-0.2, 0) is 6.42 Å². The summed E-state index contributed by atoms with van der Waals surface area (Å²) >= 11 is 0.